The highest BCUT2D eigenvalue weighted by Gasteiger charge is 2.25. The maximum Gasteiger partial charge on any atom is 0.281 e. The number of likely N-dealkylation sites (N-methyl/N-ethyl adjacent to an activating group) is 1. The van der Waals surface area contributed by atoms with Crippen LogP contribution in [0.2, 0.25) is 0 Å². The number of carbonyl (C=O) groups is 1. The third-order valence-electron chi connectivity index (χ3n) is 3.37. The second-order valence-corrected chi connectivity index (χ2v) is 6.49. The molecular formula is C10H20N5O3S2+. The van der Waals surface area contributed by atoms with Crippen molar-refractivity contribution in [2.24, 2.45) is 5.90 Å². The fraction of sp³-hybridized carbons (Fsp3) is 0.700. The van der Waals surface area contributed by atoms with Crippen LogP contribution in [0, 0.1) is 0 Å². The summed E-state index contributed by atoms with van der Waals surface area (Å²) < 4.78 is 16.2. The average molecular weight is 322 g/mol. The highest BCUT2D eigenvalue weighted by atomic mass is 32.2. The van der Waals surface area contributed by atoms with Crippen molar-refractivity contribution in [3.05, 3.63) is 0 Å². The van der Waals surface area contributed by atoms with Gasteiger partial charge >= 0.3 is 0 Å². The van der Waals surface area contributed by atoms with Crippen molar-refractivity contribution in [1.82, 2.24) is 10.2 Å². The number of nitrogens with one attached hydrogen (secondary N) is 1. The average Bonchev–Trinajstić information content (AvgIpc) is 2.92. The molecule has 0 aromatic carbocycles. The van der Waals surface area contributed by atoms with Gasteiger partial charge in [-0.1, -0.05) is 11.3 Å². The van der Waals surface area contributed by atoms with E-state index in [0.29, 0.717) is 11.0 Å². The van der Waals surface area contributed by atoms with Gasteiger partial charge < -0.3 is 4.48 Å². The van der Waals surface area contributed by atoms with E-state index in [4.69, 9.17) is 5.90 Å². The van der Waals surface area contributed by atoms with Crippen LogP contribution in [0.15, 0.2) is 4.34 Å². The lowest BCUT2D eigenvalue weighted by Crippen LogP contribution is -2.51. The molecule has 0 aliphatic carbocycles. The second kappa shape index (κ2) is 7.74. The van der Waals surface area contributed by atoms with E-state index in [9.17, 15) is 9.00 Å². The maximum absolute atomic E-state index is 12.0. The zero-order valence-electron chi connectivity index (χ0n) is 11.8. The zero-order chi connectivity index (χ0) is 15.2. The molecule has 1 amide bonds. The van der Waals surface area contributed by atoms with Gasteiger partial charge in [0.25, 0.3) is 5.91 Å². The van der Waals surface area contributed by atoms with Crippen molar-refractivity contribution in [2.75, 3.05) is 31.5 Å². The number of anilines is 1. The Morgan fingerprint density at radius 2 is 1.95 bits per heavy atom. The van der Waals surface area contributed by atoms with Crippen LogP contribution < -0.4 is 11.2 Å². The molecule has 1 atom stereocenters. The minimum absolute atomic E-state index is 0.116. The van der Waals surface area contributed by atoms with Crippen LogP contribution in [0.1, 0.15) is 20.8 Å². The van der Waals surface area contributed by atoms with Crippen molar-refractivity contribution in [3.63, 3.8) is 0 Å². The van der Waals surface area contributed by atoms with E-state index >= 15 is 0 Å². The van der Waals surface area contributed by atoms with Gasteiger partial charge in [0.1, 0.15) is 0 Å². The highest BCUT2D eigenvalue weighted by Crippen LogP contribution is 2.18. The summed E-state index contributed by atoms with van der Waals surface area (Å²) in [7, 11) is 0. The number of quaternary nitrogens is 1. The van der Waals surface area contributed by atoms with E-state index in [2.05, 4.69) is 40.6 Å². The Bertz CT molecular complexity index is 467. The Morgan fingerprint density at radius 3 is 2.45 bits per heavy atom. The van der Waals surface area contributed by atoms with E-state index in [1.54, 1.807) is 0 Å². The van der Waals surface area contributed by atoms with Gasteiger partial charge in [0.2, 0.25) is 20.6 Å². The Balaban J connectivity index is 2.67. The molecular weight excluding hydrogens is 302 g/mol. The lowest BCUT2D eigenvalue weighted by atomic mass is 10.3. The van der Waals surface area contributed by atoms with E-state index in [0.717, 1.165) is 31.0 Å². The van der Waals surface area contributed by atoms with Gasteiger partial charge in [0.15, 0.2) is 6.54 Å². The number of carbonyl (C=O) groups excluding carboxylic acids is 1. The molecule has 0 bridgehead atoms. The van der Waals surface area contributed by atoms with Gasteiger partial charge in [-0.3, -0.25) is 10.1 Å². The molecule has 0 aliphatic heterocycles. The van der Waals surface area contributed by atoms with Crippen molar-refractivity contribution >= 4 is 33.5 Å². The third kappa shape index (κ3) is 4.28. The number of hydrogen-bond acceptors (Lipinski definition) is 7. The summed E-state index contributed by atoms with van der Waals surface area (Å²) in [5, 5.41) is 10.3. The largest absolute Gasteiger partial charge is 0.317 e. The highest BCUT2D eigenvalue weighted by molar-refractivity contribution is 7.82. The van der Waals surface area contributed by atoms with Gasteiger partial charge in [-0.05, 0) is 20.8 Å². The van der Waals surface area contributed by atoms with Gasteiger partial charge in [-0.2, -0.15) is 10.2 Å². The first-order valence-corrected chi connectivity index (χ1v) is 8.16. The number of nitrogens with two attached hydrogens (primary N) is 1. The Hall–Kier alpha value is -0.940. The summed E-state index contributed by atoms with van der Waals surface area (Å²) in [5.41, 5.74) is 0. The Morgan fingerprint density at radius 1 is 1.35 bits per heavy atom. The molecule has 0 saturated heterocycles. The Labute approximate surface area is 124 Å². The fourth-order valence-electron chi connectivity index (χ4n) is 1.84. The van der Waals surface area contributed by atoms with Crippen LogP contribution >= 0.6 is 11.3 Å². The van der Waals surface area contributed by atoms with Gasteiger partial charge in [0.05, 0.1) is 19.6 Å². The maximum atomic E-state index is 12.0. The molecule has 0 radical (unpaired) electrons. The van der Waals surface area contributed by atoms with Crippen LogP contribution in [0.5, 0.6) is 0 Å². The molecule has 20 heavy (non-hydrogen) atoms. The van der Waals surface area contributed by atoms with Crippen molar-refractivity contribution in [2.45, 2.75) is 25.1 Å². The third-order valence-corrected chi connectivity index (χ3v) is 5.21. The van der Waals surface area contributed by atoms with E-state index in [1.807, 2.05) is 0 Å². The molecule has 1 aromatic heterocycles. The monoisotopic (exact) mass is 322 g/mol. The molecule has 1 heterocycles. The number of aromatic nitrogens is 2. The van der Waals surface area contributed by atoms with Gasteiger partial charge in [-0.15, -0.1) is 10.2 Å². The van der Waals surface area contributed by atoms with Crippen molar-refractivity contribution < 1.29 is 17.8 Å². The smallest absolute Gasteiger partial charge is 0.281 e. The van der Waals surface area contributed by atoms with Crippen LogP contribution in [-0.2, 0) is 20.2 Å². The van der Waals surface area contributed by atoms with Crippen LogP contribution in [0.25, 0.3) is 0 Å². The minimum Gasteiger partial charge on any atom is -0.317 e. The van der Waals surface area contributed by atoms with Crippen LogP contribution in [-0.4, -0.2) is 51.0 Å². The molecule has 114 valence electrons. The SMILES string of the molecule is CC[N+](CC)(CC)CC(=O)Nc1nnc(S(=O)ON)s1. The molecule has 0 fully saturated rings. The molecule has 1 rings (SSSR count). The molecule has 8 nitrogen and oxygen atoms in total. The van der Waals surface area contributed by atoms with Crippen molar-refractivity contribution in [1.29, 1.82) is 0 Å². The fourth-order valence-corrected chi connectivity index (χ4v) is 3.15. The standard InChI is InChI=1S/C10H19N5O3S2/c1-4-15(5-2,6-3)7-8(16)12-9-13-14-10(19-9)20(17)18-11/h4-7,11H2,1-3H3/p+1. The summed E-state index contributed by atoms with van der Waals surface area (Å²) in [4.78, 5) is 12.0. The minimum atomic E-state index is -1.84. The van der Waals surface area contributed by atoms with Gasteiger partial charge in [-0.25, -0.2) is 4.21 Å². The predicted molar refractivity (Wildman–Crippen MR) is 77.0 cm³/mol. The number of nitrogens with zero attached hydrogens (tertiary/aromatic N) is 3. The van der Waals surface area contributed by atoms with Crippen molar-refractivity contribution in [3.8, 4) is 0 Å². The lowest BCUT2D eigenvalue weighted by Gasteiger charge is -2.34. The lowest BCUT2D eigenvalue weighted by molar-refractivity contribution is -0.915. The predicted octanol–water partition coefficient (Wildman–Crippen LogP) is 0.266. The van der Waals surface area contributed by atoms with Crippen LogP contribution in [0.4, 0.5) is 5.13 Å². The molecule has 10 heteroatoms. The summed E-state index contributed by atoms with van der Waals surface area (Å²) in [6.07, 6.45) is 0. The first-order valence-electron chi connectivity index (χ1n) is 6.27. The first kappa shape index (κ1) is 17.1. The molecule has 0 spiro atoms. The second-order valence-electron chi connectivity index (χ2n) is 4.20. The van der Waals surface area contributed by atoms with E-state index in [1.165, 1.54) is 0 Å². The van der Waals surface area contributed by atoms with E-state index in [-0.39, 0.29) is 15.4 Å². The first-order chi connectivity index (χ1) is 9.50. The molecule has 3 N–H and O–H groups in total. The topological polar surface area (TPSA) is 107 Å². The molecule has 0 aliphatic rings. The van der Waals surface area contributed by atoms with Gasteiger partial charge in [0, 0.05) is 0 Å². The van der Waals surface area contributed by atoms with E-state index < -0.39 is 11.1 Å². The molecule has 1 aromatic rings. The number of rotatable bonds is 8. The number of amides is 1. The summed E-state index contributed by atoms with van der Waals surface area (Å²) in [6, 6.07) is 0. The molecule has 1 unspecified atom stereocenters. The summed E-state index contributed by atoms with van der Waals surface area (Å²) >= 11 is -0.864. The quantitative estimate of drug-likeness (QED) is 0.404. The Kier molecular flexibility index (Phi) is 6.62. The van der Waals surface area contributed by atoms with Crippen LogP contribution in [0.3, 0.4) is 0 Å². The molecule has 0 saturated carbocycles. The summed E-state index contributed by atoms with van der Waals surface area (Å²) in [6.45, 7) is 9.20. The zero-order valence-corrected chi connectivity index (χ0v) is 13.4. The normalized spacial score (nSPS) is 13.2. The summed E-state index contributed by atoms with van der Waals surface area (Å²) in [5.74, 6) is 4.66. The number of hydrogen-bond donors (Lipinski definition) is 2.